The third kappa shape index (κ3) is 1.79. The smallest absolute Gasteiger partial charge is 0.0107 e. The van der Waals surface area contributed by atoms with Gasteiger partial charge in [-0.25, -0.2) is 0 Å². The van der Waals surface area contributed by atoms with Gasteiger partial charge in [0.1, 0.15) is 0 Å². The highest BCUT2D eigenvalue weighted by atomic mass is 32.2. The zero-order chi connectivity index (χ0) is 11.2. The molecule has 4 aliphatic rings. The van der Waals surface area contributed by atoms with Gasteiger partial charge in [-0.15, -0.1) is 0 Å². The van der Waals surface area contributed by atoms with Gasteiger partial charge in [-0.3, -0.25) is 0 Å². The van der Waals surface area contributed by atoms with Gasteiger partial charge in [0, 0.05) is 5.25 Å². The summed E-state index contributed by atoms with van der Waals surface area (Å²) < 4.78 is 0. The lowest BCUT2D eigenvalue weighted by molar-refractivity contribution is 0.0179. The Morgan fingerprint density at radius 2 is 1.41 bits per heavy atom. The van der Waals surface area contributed by atoms with Gasteiger partial charge in [0.15, 0.2) is 0 Å². The minimum absolute atomic E-state index is 1.09. The van der Waals surface area contributed by atoms with Gasteiger partial charge < -0.3 is 0 Å². The lowest BCUT2D eigenvalue weighted by atomic mass is 9.56. The van der Waals surface area contributed by atoms with Crippen molar-refractivity contribution in [3.8, 4) is 0 Å². The molecule has 1 saturated heterocycles. The average molecular weight is 250 g/mol. The van der Waals surface area contributed by atoms with Crippen LogP contribution in [0.5, 0.6) is 0 Å². The molecule has 1 heterocycles. The molecule has 4 fully saturated rings. The molecule has 1 aliphatic heterocycles. The molecule has 0 radical (unpaired) electrons. The number of hydrogen-bond acceptors (Lipinski definition) is 1. The van der Waals surface area contributed by atoms with Crippen LogP contribution >= 0.6 is 11.8 Å². The highest BCUT2D eigenvalue weighted by Crippen LogP contribution is 2.57. The summed E-state index contributed by atoms with van der Waals surface area (Å²) in [6, 6.07) is 0. The maximum absolute atomic E-state index is 2.35. The van der Waals surface area contributed by atoms with Gasteiger partial charge in [0.25, 0.3) is 0 Å². The van der Waals surface area contributed by atoms with E-state index in [1.807, 2.05) is 0 Å². The fraction of sp³-hybridized carbons (Fsp3) is 1.00. The molecule has 6 atom stereocenters. The van der Waals surface area contributed by atoms with E-state index in [0.717, 1.165) is 34.8 Å². The van der Waals surface area contributed by atoms with Crippen LogP contribution in [0.15, 0.2) is 0 Å². The molecule has 0 aromatic heterocycles. The molecule has 1 heteroatoms. The third-order valence-corrected chi connectivity index (χ3v) is 8.09. The summed E-state index contributed by atoms with van der Waals surface area (Å²) in [4.78, 5) is 0. The number of hydrogen-bond donors (Lipinski definition) is 0. The quantitative estimate of drug-likeness (QED) is 0.598. The normalized spacial score (nSPS) is 53.6. The molecule has 4 rings (SSSR count). The van der Waals surface area contributed by atoms with Crippen molar-refractivity contribution in [3.05, 3.63) is 0 Å². The van der Waals surface area contributed by atoms with E-state index >= 15 is 0 Å². The van der Waals surface area contributed by atoms with E-state index in [-0.39, 0.29) is 0 Å². The van der Waals surface area contributed by atoms with Crippen molar-refractivity contribution in [1.29, 1.82) is 0 Å². The topological polar surface area (TPSA) is 0 Å². The Morgan fingerprint density at radius 1 is 0.588 bits per heavy atom. The fourth-order valence-corrected chi connectivity index (χ4v) is 7.62. The summed E-state index contributed by atoms with van der Waals surface area (Å²) in [7, 11) is 0. The Morgan fingerprint density at radius 3 is 2.41 bits per heavy atom. The van der Waals surface area contributed by atoms with Crippen LogP contribution in [0.4, 0.5) is 0 Å². The largest absolute Gasteiger partial charge is 0.158 e. The molecule has 0 nitrogen and oxygen atoms in total. The van der Waals surface area contributed by atoms with E-state index in [0.29, 0.717) is 0 Å². The van der Waals surface area contributed by atoms with E-state index in [1.165, 1.54) is 5.75 Å². The van der Waals surface area contributed by atoms with Gasteiger partial charge in [-0.2, -0.15) is 11.8 Å². The number of rotatable bonds is 0. The maximum Gasteiger partial charge on any atom is 0.0107 e. The van der Waals surface area contributed by atoms with E-state index in [4.69, 9.17) is 0 Å². The monoisotopic (exact) mass is 250 g/mol. The molecule has 96 valence electrons. The molecule has 0 N–H and O–H groups in total. The maximum atomic E-state index is 2.35. The van der Waals surface area contributed by atoms with Crippen molar-refractivity contribution >= 4 is 11.8 Å². The Labute approximate surface area is 110 Å². The highest BCUT2D eigenvalue weighted by molar-refractivity contribution is 8.00. The lowest BCUT2D eigenvalue weighted by Crippen LogP contribution is -2.44. The summed E-state index contributed by atoms with van der Waals surface area (Å²) >= 11 is 2.35. The molecule has 0 spiro atoms. The van der Waals surface area contributed by atoms with Gasteiger partial charge in [0.2, 0.25) is 0 Å². The zero-order valence-electron chi connectivity index (χ0n) is 10.9. The van der Waals surface area contributed by atoms with Crippen LogP contribution in [0, 0.1) is 29.6 Å². The fourth-order valence-electron chi connectivity index (χ4n) is 5.78. The first-order valence-electron chi connectivity index (χ1n) is 8.05. The first-order valence-corrected chi connectivity index (χ1v) is 9.10. The summed E-state index contributed by atoms with van der Waals surface area (Å²) in [5.74, 6) is 7.20. The van der Waals surface area contributed by atoms with E-state index in [1.54, 1.807) is 57.8 Å². The Kier molecular flexibility index (Phi) is 2.95. The van der Waals surface area contributed by atoms with Crippen LogP contribution in [0.3, 0.4) is 0 Å². The second-order valence-corrected chi connectivity index (χ2v) is 8.36. The minimum Gasteiger partial charge on any atom is -0.158 e. The molecule has 0 aromatic rings. The molecule has 0 aromatic carbocycles. The molecule has 0 bridgehead atoms. The van der Waals surface area contributed by atoms with Gasteiger partial charge in [-0.05, 0) is 73.9 Å². The van der Waals surface area contributed by atoms with Crippen LogP contribution in [0.1, 0.15) is 57.8 Å². The molecular weight excluding hydrogens is 224 g/mol. The van der Waals surface area contributed by atoms with Crippen LogP contribution < -0.4 is 0 Å². The summed E-state index contributed by atoms with van der Waals surface area (Å²) in [6.45, 7) is 0. The Bertz CT molecular complexity index is 287. The minimum atomic E-state index is 1.09. The Hall–Kier alpha value is 0.350. The lowest BCUT2D eigenvalue weighted by Gasteiger charge is -2.51. The molecule has 3 aliphatic carbocycles. The van der Waals surface area contributed by atoms with E-state index in [9.17, 15) is 0 Å². The van der Waals surface area contributed by atoms with E-state index < -0.39 is 0 Å². The zero-order valence-corrected chi connectivity index (χ0v) is 11.8. The summed E-state index contributed by atoms with van der Waals surface area (Å²) in [6.07, 6.45) is 14.2. The molecule has 3 saturated carbocycles. The predicted molar refractivity (Wildman–Crippen MR) is 75.2 cm³/mol. The molecule has 0 amide bonds. The average Bonchev–Trinajstić information content (AvgIpc) is 2.86. The SMILES string of the molecule is C1CCC2C(C1)CCC1C2CCC2CCSC21. The molecule has 6 unspecified atom stereocenters. The van der Waals surface area contributed by atoms with Crippen LogP contribution in [-0.2, 0) is 0 Å². The summed E-state index contributed by atoms with van der Waals surface area (Å²) in [5.41, 5.74) is 0. The van der Waals surface area contributed by atoms with Crippen molar-refractivity contribution in [2.45, 2.75) is 63.0 Å². The number of fused-ring (bicyclic) bond motifs is 5. The van der Waals surface area contributed by atoms with Crippen molar-refractivity contribution < 1.29 is 0 Å². The second-order valence-electron chi connectivity index (χ2n) is 7.07. The molecule has 17 heavy (non-hydrogen) atoms. The van der Waals surface area contributed by atoms with Crippen molar-refractivity contribution in [2.75, 3.05) is 5.75 Å². The molecular formula is C16H26S. The van der Waals surface area contributed by atoms with Crippen molar-refractivity contribution in [2.24, 2.45) is 29.6 Å². The summed E-state index contributed by atoms with van der Waals surface area (Å²) in [5, 5.41) is 1.09. The second kappa shape index (κ2) is 4.47. The first-order chi connectivity index (χ1) is 8.43. The standard InChI is InChI=1S/C16H26S/c1-2-4-13-11(3-1)5-8-15-14(13)7-6-12-9-10-17-16(12)15/h11-16H,1-10H2. The van der Waals surface area contributed by atoms with Gasteiger partial charge in [0.05, 0.1) is 0 Å². The van der Waals surface area contributed by atoms with Crippen LogP contribution in [0.2, 0.25) is 0 Å². The highest BCUT2D eigenvalue weighted by Gasteiger charge is 2.48. The number of thioether (sulfide) groups is 1. The van der Waals surface area contributed by atoms with Crippen molar-refractivity contribution in [3.63, 3.8) is 0 Å². The third-order valence-electron chi connectivity index (χ3n) is 6.49. The van der Waals surface area contributed by atoms with E-state index in [2.05, 4.69) is 11.8 Å². The van der Waals surface area contributed by atoms with Gasteiger partial charge >= 0.3 is 0 Å². The van der Waals surface area contributed by atoms with Crippen LogP contribution in [-0.4, -0.2) is 11.0 Å². The van der Waals surface area contributed by atoms with Crippen LogP contribution in [0.25, 0.3) is 0 Å². The van der Waals surface area contributed by atoms with Crippen molar-refractivity contribution in [1.82, 2.24) is 0 Å². The first kappa shape index (κ1) is 11.2. The van der Waals surface area contributed by atoms with Gasteiger partial charge in [-0.1, -0.05) is 19.3 Å². The Balaban J connectivity index is 1.56. The predicted octanol–water partition coefficient (Wildman–Crippen LogP) is 4.73.